The van der Waals surface area contributed by atoms with Crippen molar-refractivity contribution in [3.8, 4) is 0 Å². The van der Waals surface area contributed by atoms with Crippen molar-refractivity contribution in [1.82, 2.24) is 10.2 Å². The van der Waals surface area contributed by atoms with Gasteiger partial charge in [0.05, 0.1) is 0 Å². The van der Waals surface area contributed by atoms with Gasteiger partial charge >= 0.3 is 0 Å². The summed E-state index contributed by atoms with van der Waals surface area (Å²) in [4.78, 5) is 27.6. The monoisotopic (exact) mass is 382 g/mol. The second kappa shape index (κ2) is 7.88. The third-order valence-electron chi connectivity index (χ3n) is 7.37. The molecule has 28 heavy (non-hydrogen) atoms. The van der Waals surface area contributed by atoms with E-state index in [1.165, 1.54) is 32.1 Å². The summed E-state index contributed by atoms with van der Waals surface area (Å²) >= 11 is 0. The Labute approximate surface area is 169 Å². The molecule has 1 unspecified atom stereocenters. The van der Waals surface area contributed by atoms with Crippen LogP contribution in [0.5, 0.6) is 0 Å². The Hall–Kier alpha value is -1.84. The van der Waals surface area contributed by atoms with E-state index < -0.39 is 6.04 Å². The molecule has 0 heterocycles. The van der Waals surface area contributed by atoms with Crippen LogP contribution in [0.2, 0.25) is 0 Å². The SMILES string of the molecule is CC(=O)N(Cc1ccccc1)C(C(=O)NC1C2CC3CC(C2)CC1C3)C(C)C. The summed E-state index contributed by atoms with van der Waals surface area (Å²) in [6, 6.07) is 9.85. The third kappa shape index (κ3) is 3.83. The van der Waals surface area contributed by atoms with E-state index in [-0.39, 0.29) is 17.7 Å². The first-order valence-electron chi connectivity index (χ1n) is 11.0. The van der Waals surface area contributed by atoms with E-state index in [1.807, 2.05) is 44.2 Å². The molecule has 4 aliphatic carbocycles. The van der Waals surface area contributed by atoms with Gasteiger partial charge in [0.15, 0.2) is 0 Å². The number of nitrogens with zero attached hydrogens (tertiary/aromatic N) is 1. The van der Waals surface area contributed by atoms with Gasteiger partial charge < -0.3 is 10.2 Å². The predicted octanol–water partition coefficient (Wildman–Crippen LogP) is 4.00. The minimum atomic E-state index is -0.421. The maximum atomic E-state index is 13.4. The van der Waals surface area contributed by atoms with Crippen LogP contribution < -0.4 is 5.32 Å². The van der Waals surface area contributed by atoms with Crippen molar-refractivity contribution >= 4 is 11.8 Å². The van der Waals surface area contributed by atoms with Crippen LogP contribution in [0.15, 0.2) is 30.3 Å². The first-order valence-corrected chi connectivity index (χ1v) is 11.0. The van der Waals surface area contributed by atoms with Gasteiger partial charge in [0.1, 0.15) is 6.04 Å². The van der Waals surface area contributed by atoms with Gasteiger partial charge in [-0.1, -0.05) is 44.2 Å². The van der Waals surface area contributed by atoms with Crippen molar-refractivity contribution in [1.29, 1.82) is 0 Å². The number of carbonyl (C=O) groups excluding carboxylic acids is 2. The number of benzene rings is 1. The van der Waals surface area contributed by atoms with Gasteiger partial charge in [0.2, 0.25) is 11.8 Å². The van der Waals surface area contributed by atoms with Crippen LogP contribution in [0, 0.1) is 29.6 Å². The first kappa shape index (κ1) is 19.5. The van der Waals surface area contributed by atoms with Crippen LogP contribution in [0.1, 0.15) is 58.4 Å². The molecule has 4 aliphatic rings. The Morgan fingerprint density at radius 2 is 1.57 bits per heavy atom. The fourth-order valence-corrected chi connectivity index (χ4v) is 6.40. The topological polar surface area (TPSA) is 49.4 Å². The van der Waals surface area contributed by atoms with Crippen molar-refractivity contribution in [3.63, 3.8) is 0 Å². The van der Waals surface area contributed by atoms with E-state index in [1.54, 1.807) is 11.8 Å². The number of carbonyl (C=O) groups is 2. The van der Waals surface area contributed by atoms with Gasteiger partial charge in [-0.05, 0) is 67.3 Å². The van der Waals surface area contributed by atoms with Crippen LogP contribution >= 0.6 is 0 Å². The summed E-state index contributed by atoms with van der Waals surface area (Å²) in [6.45, 7) is 6.15. The zero-order valence-electron chi connectivity index (χ0n) is 17.4. The highest BCUT2D eigenvalue weighted by Gasteiger charge is 2.49. The van der Waals surface area contributed by atoms with Crippen molar-refractivity contribution < 1.29 is 9.59 Å². The standard InChI is InChI=1S/C24H34N2O2/c1-15(2)23(26(16(3)27)14-17-7-5-4-6-8-17)24(28)25-22-20-10-18-9-19(12-20)13-21(22)11-18/h4-8,15,18-23H,9-14H2,1-3H3,(H,25,28). The molecule has 4 saturated carbocycles. The van der Waals surface area contributed by atoms with E-state index in [0.29, 0.717) is 24.4 Å². The van der Waals surface area contributed by atoms with E-state index in [9.17, 15) is 9.59 Å². The maximum absolute atomic E-state index is 13.4. The number of nitrogens with one attached hydrogen (secondary N) is 1. The van der Waals surface area contributed by atoms with Crippen molar-refractivity contribution in [2.75, 3.05) is 0 Å². The fraction of sp³-hybridized carbons (Fsp3) is 0.667. The van der Waals surface area contributed by atoms with Crippen LogP contribution in [0.3, 0.4) is 0 Å². The molecule has 4 fully saturated rings. The lowest BCUT2D eigenvalue weighted by molar-refractivity contribution is -0.143. The molecule has 0 aromatic heterocycles. The van der Waals surface area contributed by atoms with E-state index in [0.717, 1.165) is 17.4 Å². The number of hydrogen-bond donors (Lipinski definition) is 1. The van der Waals surface area contributed by atoms with Crippen molar-refractivity contribution in [2.24, 2.45) is 29.6 Å². The molecule has 1 aromatic rings. The summed E-state index contributed by atoms with van der Waals surface area (Å²) in [7, 11) is 0. The molecular weight excluding hydrogens is 348 g/mol. The lowest BCUT2D eigenvalue weighted by atomic mass is 9.54. The van der Waals surface area contributed by atoms with Gasteiger partial charge in [-0.2, -0.15) is 0 Å². The summed E-state index contributed by atoms with van der Waals surface area (Å²) in [5.41, 5.74) is 1.06. The zero-order valence-corrected chi connectivity index (χ0v) is 17.4. The summed E-state index contributed by atoms with van der Waals surface area (Å²) in [5.74, 6) is 3.15. The van der Waals surface area contributed by atoms with Gasteiger partial charge in [-0.3, -0.25) is 9.59 Å². The van der Waals surface area contributed by atoms with Crippen LogP contribution in [-0.4, -0.2) is 28.8 Å². The summed E-state index contributed by atoms with van der Waals surface area (Å²) < 4.78 is 0. The zero-order chi connectivity index (χ0) is 19.8. The Morgan fingerprint density at radius 1 is 1.00 bits per heavy atom. The van der Waals surface area contributed by atoms with E-state index in [4.69, 9.17) is 0 Å². The number of amides is 2. The Kier molecular flexibility index (Phi) is 5.48. The molecule has 1 atom stereocenters. The molecule has 0 radical (unpaired) electrons. The largest absolute Gasteiger partial charge is 0.351 e. The molecule has 1 N–H and O–H groups in total. The molecule has 152 valence electrons. The molecule has 0 saturated heterocycles. The van der Waals surface area contributed by atoms with Crippen molar-refractivity contribution in [2.45, 2.75) is 71.5 Å². The predicted molar refractivity (Wildman–Crippen MR) is 110 cm³/mol. The fourth-order valence-electron chi connectivity index (χ4n) is 6.40. The molecule has 1 aromatic carbocycles. The smallest absolute Gasteiger partial charge is 0.243 e. The lowest BCUT2D eigenvalue weighted by Crippen LogP contribution is -2.60. The molecule has 4 heteroatoms. The summed E-state index contributed by atoms with van der Waals surface area (Å²) in [5, 5.41) is 3.43. The highest BCUT2D eigenvalue weighted by Crippen LogP contribution is 2.53. The molecule has 4 bridgehead atoms. The molecule has 0 aliphatic heterocycles. The van der Waals surface area contributed by atoms with Crippen LogP contribution in [-0.2, 0) is 16.1 Å². The normalized spacial score (nSPS) is 31.6. The number of rotatable bonds is 6. The van der Waals surface area contributed by atoms with E-state index >= 15 is 0 Å². The third-order valence-corrected chi connectivity index (χ3v) is 7.37. The molecule has 2 amide bonds. The Bertz CT molecular complexity index is 687. The average molecular weight is 383 g/mol. The quantitative estimate of drug-likeness (QED) is 0.808. The molecule has 5 rings (SSSR count). The first-order chi connectivity index (χ1) is 13.4. The van der Waals surface area contributed by atoms with Gasteiger partial charge in [-0.15, -0.1) is 0 Å². The Morgan fingerprint density at radius 3 is 2.07 bits per heavy atom. The lowest BCUT2D eigenvalue weighted by Gasteiger charge is -2.54. The second-order valence-electron chi connectivity index (χ2n) is 9.79. The Balaban J connectivity index is 1.49. The minimum absolute atomic E-state index is 0.0391. The summed E-state index contributed by atoms with van der Waals surface area (Å²) in [6.07, 6.45) is 6.54. The van der Waals surface area contributed by atoms with Gasteiger partial charge in [0.25, 0.3) is 0 Å². The van der Waals surface area contributed by atoms with E-state index in [2.05, 4.69) is 5.32 Å². The van der Waals surface area contributed by atoms with Gasteiger partial charge in [0, 0.05) is 19.5 Å². The van der Waals surface area contributed by atoms with Gasteiger partial charge in [-0.25, -0.2) is 0 Å². The molecule has 4 nitrogen and oxygen atoms in total. The molecule has 0 spiro atoms. The van der Waals surface area contributed by atoms with Crippen LogP contribution in [0.25, 0.3) is 0 Å². The average Bonchev–Trinajstić information content (AvgIpc) is 2.64. The minimum Gasteiger partial charge on any atom is -0.351 e. The maximum Gasteiger partial charge on any atom is 0.243 e. The highest BCUT2D eigenvalue weighted by molar-refractivity contribution is 5.87. The second-order valence-corrected chi connectivity index (χ2v) is 9.79. The molecular formula is C24H34N2O2. The number of hydrogen-bond acceptors (Lipinski definition) is 2. The van der Waals surface area contributed by atoms with Crippen molar-refractivity contribution in [3.05, 3.63) is 35.9 Å². The van der Waals surface area contributed by atoms with Crippen LogP contribution in [0.4, 0.5) is 0 Å². The highest BCUT2D eigenvalue weighted by atomic mass is 16.2.